The molecule has 17 heavy (non-hydrogen) atoms. The third-order valence-electron chi connectivity index (χ3n) is 3.91. The Balaban J connectivity index is 1.69. The lowest BCUT2D eigenvalue weighted by molar-refractivity contribution is 0.271. The van der Waals surface area contributed by atoms with E-state index in [0.29, 0.717) is 6.04 Å². The number of nitrogens with one attached hydrogen (secondary N) is 1. The van der Waals surface area contributed by atoms with Crippen molar-refractivity contribution in [3.8, 4) is 0 Å². The summed E-state index contributed by atoms with van der Waals surface area (Å²) < 4.78 is 0. The molecule has 0 radical (unpaired) electrons. The van der Waals surface area contributed by atoms with Crippen LogP contribution in [0.3, 0.4) is 0 Å². The zero-order valence-corrected chi connectivity index (χ0v) is 11.5. The van der Waals surface area contributed by atoms with Crippen molar-refractivity contribution < 1.29 is 0 Å². The van der Waals surface area contributed by atoms with Crippen LogP contribution in [0.2, 0.25) is 0 Å². The molecule has 1 aromatic rings. The van der Waals surface area contributed by atoms with Gasteiger partial charge in [0, 0.05) is 23.7 Å². The van der Waals surface area contributed by atoms with Gasteiger partial charge in [0.1, 0.15) is 5.01 Å². The zero-order valence-electron chi connectivity index (χ0n) is 10.6. The highest BCUT2D eigenvalue weighted by molar-refractivity contribution is 7.09. The molecule has 1 saturated carbocycles. The van der Waals surface area contributed by atoms with Crippen LogP contribution in [0.5, 0.6) is 0 Å². The van der Waals surface area contributed by atoms with Crippen molar-refractivity contribution in [1.29, 1.82) is 0 Å². The summed E-state index contributed by atoms with van der Waals surface area (Å²) in [5, 5.41) is 7.16. The number of rotatable bonds is 4. The Morgan fingerprint density at radius 3 is 2.94 bits per heavy atom. The minimum Gasteiger partial charge on any atom is -0.314 e. The van der Waals surface area contributed by atoms with E-state index in [2.05, 4.69) is 34.6 Å². The summed E-state index contributed by atoms with van der Waals surface area (Å²) in [4.78, 5) is 7.15. The number of nitrogens with zero attached hydrogens (tertiary/aromatic N) is 2. The van der Waals surface area contributed by atoms with E-state index < -0.39 is 0 Å². The van der Waals surface area contributed by atoms with Gasteiger partial charge in [-0.3, -0.25) is 4.90 Å². The van der Waals surface area contributed by atoms with Crippen molar-refractivity contribution in [2.75, 3.05) is 20.1 Å². The fourth-order valence-electron chi connectivity index (χ4n) is 2.74. The molecule has 0 spiro atoms. The lowest BCUT2D eigenvalue weighted by Crippen LogP contribution is -2.29. The van der Waals surface area contributed by atoms with Crippen molar-refractivity contribution in [2.24, 2.45) is 5.92 Å². The average molecular weight is 251 g/mol. The Labute approximate surface area is 107 Å². The molecule has 1 aliphatic heterocycles. The van der Waals surface area contributed by atoms with E-state index in [1.54, 1.807) is 0 Å². The monoisotopic (exact) mass is 251 g/mol. The largest absolute Gasteiger partial charge is 0.314 e. The fraction of sp³-hybridized carbons (Fsp3) is 0.769. The van der Waals surface area contributed by atoms with E-state index >= 15 is 0 Å². The molecule has 2 fully saturated rings. The maximum atomic E-state index is 4.69. The zero-order chi connectivity index (χ0) is 11.8. The van der Waals surface area contributed by atoms with Crippen molar-refractivity contribution >= 4 is 11.3 Å². The normalized spacial score (nSPS) is 30.0. The van der Waals surface area contributed by atoms with Gasteiger partial charge in [-0.05, 0) is 45.7 Å². The van der Waals surface area contributed by atoms with Crippen molar-refractivity contribution in [2.45, 2.75) is 38.3 Å². The van der Waals surface area contributed by atoms with Gasteiger partial charge in [-0.2, -0.15) is 0 Å². The van der Waals surface area contributed by atoms with Gasteiger partial charge in [-0.15, -0.1) is 11.3 Å². The van der Waals surface area contributed by atoms with E-state index in [0.717, 1.165) is 18.5 Å². The summed E-state index contributed by atoms with van der Waals surface area (Å²) in [5.41, 5.74) is 1.17. The predicted molar refractivity (Wildman–Crippen MR) is 71.4 cm³/mol. The van der Waals surface area contributed by atoms with Gasteiger partial charge in [0.2, 0.25) is 0 Å². The lowest BCUT2D eigenvalue weighted by atomic mass is 10.0. The van der Waals surface area contributed by atoms with Gasteiger partial charge in [-0.1, -0.05) is 0 Å². The molecule has 2 aliphatic rings. The topological polar surface area (TPSA) is 28.2 Å². The molecule has 1 saturated heterocycles. The Morgan fingerprint density at radius 1 is 1.47 bits per heavy atom. The molecule has 2 unspecified atom stereocenters. The Morgan fingerprint density at radius 2 is 2.29 bits per heavy atom. The van der Waals surface area contributed by atoms with Crippen molar-refractivity contribution in [1.82, 2.24) is 15.2 Å². The summed E-state index contributed by atoms with van der Waals surface area (Å²) in [6.45, 7) is 4.46. The quantitative estimate of drug-likeness (QED) is 0.889. The van der Waals surface area contributed by atoms with Crippen molar-refractivity contribution in [3.05, 3.63) is 16.1 Å². The van der Waals surface area contributed by atoms with Gasteiger partial charge in [0.15, 0.2) is 0 Å². The highest BCUT2D eigenvalue weighted by Crippen LogP contribution is 2.37. The first-order chi connectivity index (χ1) is 8.24. The molecule has 1 aromatic heterocycles. The molecule has 2 heterocycles. The van der Waals surface area contributed by atoms with Gasteiger partial charge in [-0.25, -0.2) is 4.98 Å². The smallest absolute Gasteiger partial charge is 0.110 e. The number of thiazole rings is 1. The minimum atomic E-state index is 0.542. The lowest BCUT2D eigenvalue weighted by Gasteiger charge is -2.23. The molecule has 94 valence electrons. The van der Waals surface area contributed by atoms with Crippen LogP contribution in [-0.4, -0.2) is 36.1 Å². The number of hydrogen-bond donors (Lipinski definition) is 1. The molecule has 1 N–H and O–H groups in total. The van der Waals surface area contributed by atoms with E-state index in [-0.39, 0.29) is 0 Å². The number of aryl methyl sites for hydroxylation is 1. The first-order valence-corrected chi connectivity index (χ1v) is 7.47. The first kappa shape index (κ1) is 11.6. The van der Waals surface area contributed by atoms with Crippen LogP contribution in [0.4, 0.5) is 0 Å². The molecule has 0 aromatic carbocycles. The number of hydrogen-bond acceptors (Lipinski definition) is 4. The highest BCUT2D eigenvalue weighted by atomic mass is 32.1. The second kappa shape index (κ2) is 4.67. The van der Waals surface area contributed by atoms with Crippen LogP contribution >= 0.6 is 11.3 Å². The maximum absolute atomic E-state index is 4.69. The summed E-state index contributed by atoms with van der Waals surface area (Å²) in [7, 11) is 2.23. The summed E-state index contributed by atoms with van der Waals surface area (Å²) >= 11 is 1.82. The third kappa shape index (κ3) is 2.54. The molecule has 0 bridgehead atoms. The predicted octanol–water partition coefficient (Wildman–Crippen LogP) is 2.20. The molecular weight excluding hydrogens is 230 g/mol. The minimum absolute atomic E-state index is 0.542. The van der Waals surface area contributed by atoms with Crippen LogP contribution in [0.25, 0.3) is 0 Å². The van der Waals surface area contributed by atoms with Gasteiger partial charge >= 0.3 is 0 Å². The van der Waals surface area contributed by atoms with Crippen LogP contribution in [-0.2, 0) is 0 Å². The number of likely N-dealkylation sites (tertiary alicyclic amines) is 1. The molecule has 2 atom stereocenters. The third-order valence-corrected chi connectivity index (χ3v) is 4.94. The Kier molecular flexibility index (Phi) is 3.19. The van der Waals surface area contributed by atoms with Gasteiger partial charge in [0.05, 0.1) is 6.04 Å². The summed E-state index contributed by atoms with van der Waals surface area (Å²) in [6, 6.07) is 1.36. The van der Waals surface area contributed by atoms with E-state index in [4.69, 9.17) is 0 Å². The van der Waals surface area contributed by atoms with E-state index in [1.807, 2.05) is 11.3 Å². The molecule has 3 rings (SSSR count). The second-order valence-corrected chi connectivity index (χ2v) is 6.37. The summed E-state index contributed by atoms with van der Waals surface area (Å²) in [5.74, 6) is 0.742. The SMILES string of the molecule is Cc1csc(C2C(CNC3CC3)CCN2C)n1. The first-order valence-electron chi connectivity index (χ1n) is 6.59. The Hall–Kier alpha value is -0.450. The second-order valence-electron chi connectivity index (χ2n) is 5.48. The molecule has 0 amide bonds. The standard InChI is InChI=1S/C13H21N3S/c1-9-8-17-13(15-9)12-10(5-6-16(12)2)7-14-11-3-4-11/h8,10-12,14H,3-7H2,1-2H3. The van der Waals surface area contributed by atoms with Crippen LogP contribution in [0.15, 0.2) is 5.38 Å². The van der Waals surface area contributed by atoms with Gasteiger partial charge in [0.25, 0.3) is 0 Å². The molecule has 4 heteroatoms. The number of aromatic nitrogens is 1. The van der Waals surface area contributed by atoms with Gasteiger partial charge < -0.3 is 5.32 Å². The Bertz CT molecular complexity index is 386. The van der Waals surface area contributed by atoms with E-state index in [1.165, 1.54) is 36.5 Å². The van der Waals surface area contributed by atoms with Crippen molar-refractivity contribution in [3.63, 3.8) is 0 Å². The molecular formula is C13H21N3S. The molecule has 1 aliphatic carbocycles. The molecule has 3 nitrogen and oxygen atoms in total. The fourth-order valence-corrected chi connectivity index (χ4v) is 3.80. The van der Waals surface area contributed by atoms with Crippen LogP contribution in [0, 0.1) is 12.8 Å². The van der Waals surface area contributed by atoms with Crippen LogP contribution in [0.1, 0.15) is 36.0 Å². The summed E-state index contributed by atoms with van der Waals surface area (Å²) in [6.07, 6.45) is 4.06. The average Bonchev–Trinajstić information content (AvgIpc) is 2.93. The van der Waals surface area contributed by atoms with E-state index in [9.17, 15) is 0 Å². The maximum Gasteiger partial charge on any atom is 0.110 e. The highest BCUT2D eigenvalue weighted by Gasteiger charge is 2.35. The van der Waals surface area contributed by atoms with Crippen LogP contribution < -0.4 is 5.32 Å².